The van der Waals surface area contributed by atoms with Gasteiger partial charge < -0.3 is 21.1 Å². The van der Waals surface area contributed by atoms with Crippen molar-refractivity contribution in [2.24, 2.45) is 5.73 Å². The van der Waals surface area contributed by atoms with E-state index in [2.05, 4.69) is 20.5 Å². The number of aromatic nitrogens is 1. The summed E-state index contributed by atoms with van der Waals surface area (Å²) in [6.45, 7) is 3.68. The Labute approximate surface area is 196 Å². The number of nitrogens with two attached hydrogens (primary N) is 1. The first-order chi connectivity index (χ1) is 16.5. The zero-order chi connectivity index (χ0) is 23.9. The van der Waals surface area contributed by atoms with Crippen LogP contribution in [0, 0.1) is 11.6 Å². The second-order valence-electron chi connectivity index (χ2n) is 8.08. The molecule has 7 nitrogen and oxygen atoms in total. The lowest BCUT2D eigenvalue weighted by atomic mass is 10.1. The van der Waals surface area contributed by atoms with E-state index in [4.69, 9.17) is 10.5 Å². The first-order valence-corrected chi connectivity index (χ1v) is 11.2. The minimum Gasteiger partial charge on any atom is -0.492 e. The van der Waals surface area contributed by atoms with Gasteiger partial charge in [0.15, 0.2) is 0 Å². The number of benzene rings is 2. The van der Waals surface area contributed by atoms with Crippen LogP contribution in [0.5, 0.6) is 5.75 Å². The minimum absolute atomic E-state index is 0.115. The summed E-state index contributed by atoms with van der Waals surface area (Å²) < 4.78 is 33.7. The lowest BCUT2D eigenvalue weighted by Crippen LogP contribution is -2.25. The summed E-state index contributed by atoms with van der Waals surface area (Å²) in [7, 11) is 0. The van der Waals surface area contributed by atoms with Gasteiger partial charge in [-0.25, -0.2) is 13.8 Å². The average Bonchev–Trinajstić information content (AvgIpc) is 3.33. The maximum absolute atomic E-state index is 14.0. The molecular weight excluding hydrogens is 440 g/mol. The predicted octanol–water partition coefficient (Wildman–Crippen LogP) is 4.29. The zero-order valence-electron chi connectivity index (χ0n) is 18.7. The van der Waals surface area contributed by atoms with Crippen molar-refractivity contribution in [2.45, 2.75) is 19.4 Å². The van der Waals surface area contributed by atoms with Crippen molar-refractivity contribution in [1.82, 2.24) is 9.88 Å². The van der Waals surface area contributed by atoms with E-state index in [9.17, 15) is 13.6 Å². The number of hydrogen-bond donors (Lipinski definition) is 3. The van der Waals surface area contributed by atoms with Crippen LogP contribution in [0.3, 0.4) is 0 Å². The number of halogens is 2. The molecule has 1 aromatic heterocycles. The summed E-state index contributed by atoms with van der Waals surface area (Å²) in [6, 6.07) is 12.7. The van der Waals surface area contributed by atoms with Crippen molar-refractivity contribution in [3.8, 4) is 5.75 Å². The fourth-order valence-electron chi connectivity index (χ4n) is 3.83. The number of anilines is 3. The largest absolute Gasteiger partial charge is 0.492 e. The summed E-state index contributed by atoms with van der Waals surface area (Å²) in [6.07, 6.45) is 3.83. The fraction of sp³-hybridized carbons (Fsp3) is 0.280. The van der Waals surface area contributed by atoms with Gasteiger partial charge >= 0.3 is 0 Å². The van der Waals surface area contributed by atoms with Crippen LogP contribution in [-0.2, 0) is 6.54 Å². The zero-order valence-corrected chi connectivity index (χ0v) is 18.7. The van der Waals surface area contributed by atoms with E-state index < -0.39 is 17.5 Å². The number of nitrogens with one attached hydrogen (secondary N) is 2. The van der Waals surface area contributed by atoms with Crippen LogP contribution in [0.1, 0.15) is 28.8 Å². The Balaban J connectivity index is 1.40. The number of amides is 1. The minimum atomic E-state index is -0.703. The van der Waals surface area contributed by atoms with E-state index in [-0.39, 0.29) is 17.7 Å². The molecule has 1 aliphatic heterocycles. The molecule has 1 aliphatic rings. The van der Waals surface area contributed by atoms with E-state index in [0.29, 0.717) is 18.1 Å². The first kappa shape index (κ1) is 23.4. The summed E-state index contributed by atoms with van der Waals surface area (Å²) in [5, 5.41) is 6.03. The molecule has 0 atom stereocenters. The topological polar surface area (TPSA) is 92.5 Å². The second-order valence-corrected chi connectivity index (χ2v) is 8.08. The average molecular weight is 468 g/mol. The number of hydrogen-bond acceptors (Lipinski definition) is 6. The Bertz CT molecular complexity index is 1110. The van der Waals surface area contributed by atoms with Crippen LogP contribution in [-0.4, -0.2) is 42.0 Å². The molecule has 178 valence electrons. The van der Waals surface area contributed by atoms with Gasteiger partial charge in [0.2, 0.25) is 0 Å². The molecule has 34 heavy (non-hydrogen) atoms. The van der Waals surface area contributed by atoms with Gasteiger partial charge in [0, 0.05) is 36.6 Å². The molecular formula is C25H27F2N5O2. The number of carbonyl (C=O) groups is 1. The first-order valence-electron chi connectivity index (χ1n) is 11.2. The van der Waals surface area contributed by atoms with Crippen molar-refractivity contribution >= 4 is 23.1 Å². The molecule has 0 aliphatic carbocycles. The maximum Gasteiger partial charge on any atom is 0.252 e. The second kappa shape index (κ2) is 10.9. The maximum atomic E-state index is 14.0. The van der Waals surface area contributed by atoms with Crippen LogP contribution in [0.4, 0.5) is 26.0 Å². The van der Waals surface area contributed by atoms with E-state index >= 15 is 0 Å². The lowest BCUT2D eigenvalue weighted by molar-refractivity contribution is 0.100. The van der Waals surface area contributed by atoms with E-state index in [1.165, 1.54) is 37.2 Å². The predicted molar refractivity (Wildman–Crippen MR) is 127 cm³/mol. The lowest BCUT2D eigenvalue weighted by Gasteiger charge is -2.15. The fourth-order valence-corrected chi connectivity index (χ4v) is 3.83. The number of nitrogens with zero attached hydrogens (tertiary/aromatic N) is 2. The molecule has 0 radical (unpaired) electrons. The molecule has 0 spiro atoms. The molecule has 0 saturated carbocycles. The van der Waals surface area contributed by atoms with Gasteiger partial charge in [-0.15, -0.1) is 0 Å². The number of carbonyl (C=O) groups excluding carboxylic acids is 1. The molecule has 9 heteroatoms. The van der Waals surface area contributed by atoms with Crippen molar-refractivity contribution in [2.75, 3.05) is 36.9 Å². The summed E-state index contributed by atoms with van der Waals surface area (Å²) in [5.41, 5.74) is 6.49. The highest BCUT2D eigenvalue weighted by atomic mass is 19.1. The number of ether oxygens (including phenoxy) is 1. The summed E-state index contributed by atoms with van der Waals surface area (Å²) in [5.74, 6) is -0.849. The summed E-state index contributed by atoms with van der Waals surface area (Å²) >= 11 is 0. The molecule has 0 unspecified atom stereocenters. The van der Waals surface area contributed by atoms with Crippen LogP contribution in [0.15, 0.2) is 54.7 Å². The highest BCUT2D eigenvalue weighted by Gasteiger charge is 2.14. The Hall–Kier alpha value is -3.72. The van der Waals surface area contributed by atoms with E-state index in [1.807, 2.05) is 24.3 Å². The molecule has 4 rings (SSSR count). The number of rotatable bonds is 10. The van der Waals surface area contributed by atoms with Gasteiger partial charge in [0.25, 0.3) is 5.91 Å². The van der Waals surface area contributed by atoms with Crippen LogP contribution in [0.25, 0.3) is 0 Å². The Morgan fingerprint density at radius 3 is 2.47 bits per heavy atom. The molecule has 0 bridgehead atoms. The van der Waals surface area contributed by atoms with Gasteiger partial charge in [-0.2, -0.15) is 0 Å². The van der Waals surface area contributed by atoms with Gasteiger partial charge in [-0.05, 0) is 62.3 Å². The number of pyridine rings is 1. The van der Waals surface area contributed by atoms with Gasteiger partial charge in [0.1, 0.15) is 29.8 Å². The van der Waals surface area contributed by atoms with Gasteiger partial charge in [-0.3, -0.25) is 9.69 Å². The SMILES string of the molecule is NC(=O)c1cnc(Nc2ccc(OCCN3CCCC3)cc2)cc1NCc1c(F)cccc1F. The van der Waals surface area contributed by atoms with Gasteiger partial charge in [0.05, 0.1) is 11.3 Å². The highest BCUT2D eigenvalue weighted by Crippen LogP contribution is 2.24. The van der Waals surface area contributed by atoms with Crippen LogP contribution >= 0.6 is 0 Å². The monoisotopic (exact) mass is 467 g/mol. The Morgan fingerprint density at radius 1 is 1.09 bits per heavy atom. The quantitative estimate of drug-likeness (QED) is 0.412. The third-order valence-electron chi connectivity index (χ3n) is 5.69. The highest BCUT2D eigenvalue weighted by molar-refractivity contribution is 5.98. The normalized spacial score (nSPS) is 13.6. The van der Waals surface area contributed by atoms with Crippen molar-refractivity contribution in [3.05, 3.63) is 77.5 Å². The molecule has 4 N–H and O–H groups in total. The Kier molecular flexibility index (Phi) is 7.54. The molecule has 1 amide bonds. The van der Waals surface area contributed by atoms with E-state index in [1.54, 1.807) is 6.07 Å². The van der Waals surface area contributed by atoms with Crippen LogP contribution in [0.2, 0.25) is 0 Å². The third kappa shape index (κ3) is 5.99. The molecule has 1 fully saturated rings. The number of primary amides is 1. The number of likely N-dealkylation sites (tertiary alicyclic amines) is 1. The summed E-state index contributed by atoms with van der Waals surface area (Å²) in [4.78, 5) is 18.4. The van der Waals surface area contributed by atoms with Crippen molar-refractivity contribution in [3.63, 3.8) is 0 Å². The van der Waals surface area contributed by atoms with Gasteiger partial charge in [-0.1, -0.05) is 6.07 Å². The molecule has 1 saturated heterocycles. The molecule has 2 aromatic carbocycles. The van der Waals surface area contributed by atoms with Crippen LogP contribution < -0.4 is 21.1 Å². The van der Waals surface area contributed by atoms with Crippen molar-refractivity contribution < 1.29 is 18.3 Å². The Morgan fingerprint density at radius 2 is 1.79 bits per heavy atom. The van der Waals surface area contributed by atoms with E-state index in [0.717, 1.165) is 31.1 Å². The molecule has 3 aromatic rings. The standard InChI is InChI=1S/C25H27F2N5O2/c26-21-4-3-5-22(27)19(21)15-29-23-14-24(30-16-20(23)25(28)33)31-17-6-8-18(9-7-17)34-13-12-32-10-1-2-11-32/h3-9,14,16H,1-2,10-13,15H2,(H2,28,33)(H2,29,30,31). The van der Waals surface area contributed by atoms with Crippen molar-refractivity contribution in [1.29, 1.82) is 0 Å². The molecule has 2 heterocycles. The smallest absolute Gasteiger partial charge is 0.252 e. The third-order valence-corrected chi connectivity index (χ3v) is 5.69.